The second-order valence-electron chi connectivity index (χ2n) is 39.3. The Bertz CT molecular complexity index is 2920. The number of hydroxylamine groups is 2. The molecule has 0 aromatic heterocycles. The van der Waals surface area contributed by atoms with Gasteiger partial charge in [-0.25, -0.2) is 33.9 Å². The number of sulfone groups is 1. The standard InChI is InChI=1S/C9H20N2O.C9H19NO2.C8H18N2.C8H15NO2.C7H16N2O.C7H15NO3S.C7H15NO2S.C7H15NO.C7H15N.C6H12FN.C6H13NO.C6H13N.C5H13NO2S.CH4/c1-9(2)11-5-3-10(4-6-11)7-8-12;1-7(2)10-8(5-11)3-4-9(10)6-12;1-8(2)10-6-4-9(3)5-7-10;1-7(2)8(10)9-3-5-11-6-4-9;1-7(2)8-3-5-9(10)6-4-8;1-7(2)12(9,10)8-3-5-11-6-4-8;1-7(2)8-3-5-11(9,10)6-4-8;1-7(2)8-3-5-9-6-4-8;1-7(2)8-5-3-4-6-8;1-5(2)8-3-6(7)4-8;1-5(2)7-3-6(8)4-7;1-6(2)7-4-3-5-7;1-5(2)9(7,8)6(3)4;/h9,12H,3-8H2,1-2H3;7-9,11-12H,3-6H2,1-2H3;8H,4-7H2,1-3H3;7H,3-6H2,1-2H3;7,10H,3-6H2,1-2H3;7H,3-6H2,1-2H3;7H,3-6H2,1-2H3;7H,3-6H2,1-2H3;7H,3-6H2,1-2H3;5-6H,3-4H2,1-2H3;5-6,8H,3-4H2,1-2H3;6H,3-5H2,1-2H3;5H,1-4H3;1H4. The molecule has 0 aliphatic carbocycles. The van der Waals surface area contributed by atoms with Crippen molar-refractivity contribution in [3.05, 3.63) is 0 Å². The van der Waals surface area contributed by atoms with Gasteiger partial charge in [0, 0.05) is 256 Å². The number of rotatable bonds is 19. The average Bonchev–Trinajstić information content (AvgIpc) is 1.51. The molecule has 1 amide bonds. The Labute approximate surface area is 785 Å². The lowest BCUT2D eigenvalue weighted by molar-refractivity contribution is -0.138. The summed E-state index contributed by atoms with van der Waals surface area (Å²) in [7, 11) is -3.45. The Kier molecular flexibility index (Phi) is 70.2. The number of likely N-dealkylation sites (N-methyl/N-ethyl adjacent to an activating group) is 1. The summed E-state index contributed by atoms with van der Waals surface area (Å²) in [5.41, 5.74) is 0. The van der Waals surface area contributed by atoms with Gasteiger partial charge in [-0.3, -0.25) is 48.9 Å². The number of carbonyl (C=O) groups excluding carboxylic acids is 1. The van der Waals surface area contributed by atoms with E-state index >= 15 is 0 Å². The van der Waals surface area contributed by atoms with Gasteiger partial charge in [-0.05, 0) is 232 Å². The van der Waals surface area contributed by atoms with E-state index in [-0.39, 0.29) is 61.2 Å². The highest BCUT2D eigenvalue weighted by Gasteiger charge is 2.35. The van der Waals surface area contributed by atoms with E-state index in [9.17, 15) is 34.4 Å². The zero-order chi connectivity index (χ0) is 97.1. The minimum absolute atomic E-state index is 0. The van der Waals surface area contributed by atoms with Crippen molar-refractivity contribution in [2.24, 2.45) is 5.92 Å². The number of ether oxygens (including phenoxy) is 3. The topological polar surface area (TPSA) is 300 Å². The molecule has 35 heteroatoms. The molecule has 0 saturated carbocycles. The Hall–Kier alpha value is -1.67. The summed E-state index contributed by atoms with van der Waals surface area (Å²) in [6.07, 6.45) is 5.68. The van der Waals surface area contributed by atoms with Crippen molar-refractivity contribution in [2.45, 2.75) is 315 Å². The number of hydrogen-bond acceptors (Lipinski definition) is 28. The largest absolute Gasteiger partial charge is 0.395 e. The number of aliphatic hydroxyl groups excluding tert-OH is 4. The molecular weight excluding hydrogens is 1700 g/mol. The Balaban J connectivity index is 0. The van der Waals surface area contributed by atoms with E-state index in [1.54, 1.807) is 27.7 Å². The van der Waals surface area contributed by atoms with Gasteiger partial charge in [-0.1, -0.05) is 21.3 Å². The third kappa shape index (κ3) is 55.1. The van der Waals surface area contributed by atoms with Gasteiger partial charge >= 0.3 is 0 Å². The van der Waals surface area contributed by atoms with Gasteiger partial charge in [0.2, 0.25) is 26.0 Å². The van der Waals surface area contributed by atoms with Crippen LogP contribution in [0.4, 0.5) is 4.39 Å². The molecule has 128 heavy (non-hydrogen) atoms. The number of halogens is 1. The smallest absolute Gasteiger partial charge is 0.225 e. The lowest BCUT2D eigenvalue weighted by Crippen LogP contribution is -2.53. The highest BCUT2D eigenvalue weighted by Crippen LogP contribution is 2.26. The second kappa shape index (κ2) is 70.0. The van der Waals surface area contributed by atoms with E-state index in [0.717, 1.165) is 142 Å². The molecule has 12 fully saturated rings. The normalized spacial score (nSPS) is 22.9. The first-order valence-electron chi connectivity index (χ1n) is 48.9. The fourth-order valence-electron chi connectivity index (χ4n) is 15.3. The Morgan fingerprint density at radius 2 is 0.734 bits per heavy atom. The van der Waals surface area contributed by atoms with Crippen molar-refractivity contribution in [1.82, 2.24) is 77.4 Å². The van der Waals surface area contributed by atoms with Crippen molar-refractivity contribution in [3.8, 4) is 0 Å². The van der Waals surface area contributed by atoms with E-state index < -0.39 is 36.1 Å². The van der Waals surface area contributed by atoms with Crippen LogP contribution < -0.4 is 0 Å². The number of sulfonamides is 2. The number of aliphatic hydroxyl groups is 4. The Morgan fingerprint density at radius 3 is 0.992 bits per heavy atom. The highest BCUT2D eigenvalue weighted by atomic mass is 32.2. The Morgan fingerprint density at radius 1 is 0.414 bits per heavy atom. The number of alkyl halides is 1. The van der Waals surface area contributed by atoms with Crippen LogP contribution in [0.15, 0.2) is 0 Å². The average molecular weight is 1900 g/mol. The number of carbonyl (C=O) groups is 1. The minimum atomic E-state index is -3.05. The molecule has 0 aromatic rings. The molecule has 0 radical (unpaired) electrons. The molecule has 12 aliphatic heterocycles. The predicted octanol–water partition coefficient (Wildman–Crippen LogP) is 7.30. The van der Waals surface area contributed by atoms with E-state index in [1.165, 1.54) is 99.4 Å². The minimum Gasteiger partial charge on any atom is -0.395 e. The summed E-state index contributed by atoms with van der Waals surface area (Å²) in [4.78, 5) is 41.5. The number of morpholine rings is 3. The van der Waals surface area contributed by atoms with Gasteiger partial charge in [0.15, 0.2) is 9.84 Å². The van der Waals surface area contributed by atoms with Crippen molar-refractivity contribution in [3.63, 3.8) is 0 Å². The van der Waals surface area contributed by atoms with Crippen LogP contribution in [0.5, 0.6) is 0 Å². The molecule has 0 bridgehead atoms. The molecule has 0 aromatic carbocycles. The maximum atomic E-state index is 12.1. The summed E-state index contributed by atoms with van der Waals surface area (Å²) in [5, 5.41) is 45.5. The van der Waals surface area contributed by atoms with Crippen LogP contribution in [-0.4, -0.2) is 511 Å². The third-order valence-corrected chi connectivity index (χ3v) is 31.1. The molecule has 12 aliphatic rings. The lowest BCUT2D eigenvalue weighted by Gasteiger charge is -2.38. The molecule has 12 rings (SSSR count). The van der Waals surface area contributed by atoms with Crippen LogP contribution in [0.1, 0.15) is 220 Å². The van der Waals surface area contributed by atoms with Crippen molar-refractivity contribution >= 4 is 35.8 Å². The van der Waals surface area contributed by atoms with Crippen molar-refractivity contribution < 1.29 is 74.3 Å². The van der Waals surface area contributed by atoms with Gasteiger partial charge < -0.3 is 59.4 Å². The fourth-order valence-corrected chi connectivity index (χ4v) is 18.6. The summed E-state index contributed by atoms with van der Waals surface area (Å²) >= 11 is 0. The van der Waals surface area contributed by atoms with Crippen LogP contribution in [-0.2, 0) is 48.9 Å². The molecule has 0 spiro atoms. The van der Waals surface area contributed by atoms with Crippen LogP contribution in [0.3, 0.4) is 0 Å². The molecule has 12 heterocycles. The van der Waals surface area contributed by atoms with Gasteiger partial charge in [-0.15, -0.1) is 0 Å². The fraction of sp³-hybridized carbons (Fsp3) is 0.989. The first-order valence-corrected chi connectivity index (χ1v) is 53.7. The molecule has 2 unspecified atom stereocenters. The summed E-state index contributed by atoms with van der Waals surface area (Å²) < 4.78 is 97.2. The predicted molar refractivity (Wildman–Crippen MR) is 530 cm³/mol. The van der Waals surface area contributed by atoms with E-state index in [2.05, 4.69) is 204 Å². The number of amides is 1. The second-order valence-corrected chi connectivity index (χ2v) is 46.8. The maximum absolute atomic E-state index is 12.1. The number of nitrogens with zero attached hydrogens (tertiary/aromatic N) is 16. The molecule has 12 saturated heterocycles. The number of β-amino-alcohol motifs (C(OH)–C–C–N with tert-alkyl or cyclic N) is 2. The van der Waals surface area contributed by atoms with Gasteiger partial charge in [0.25, 0.3) is 0 Å². The zero-order valence-corrected chi connectivity index (χ0v) is 88.7. The molecule has 5 N–H and O–H groups in total. The monoisotopic (exact) mass is 1900 g/mol. The van der Waals surface area contributed by atoms with Gasteiger partial charge in [0.1, 0.15) is 6.17 Å². The van der Waals surface area contributed by atoms with E-state index in [1.807, 2.05) is 18.7 Å². The van der Waals surface area contributed by atoms with Crippen LogP contribution >= 0.6 is 0 Å². The maximum Gasteiger partial charge on any atom is 0.225 e. The van der Waals surface area contributed by atoms with Crippen molar-refractivity contribution in [1.29, 1.82) is 0 Å². The summed E-state index contributed by atoms with van der Waals surface area (Å²) in [6.45, 7) is 87.7. The first kappa shape index (κ1) is 128. The highest BCUT2D eigenvalue weighted by molar-refractivity contribution is 7.91. The van der Waals surface area contributed by atoms with E-state index in [4.69, 9.17) is 39.8 Å². The first-order chi connectivity index (χ1) is 59.3. The van der Waals surface area contributed by atoms with Gasteiger partial charge in [0.05, 0.1) is 87.6 Å². The third-order valence-electron chi connectivity index (χ3n) is 25.0. The molecule has 31 nitrogen and oxygen atoms in total. The van der Waals surface area contributed by atoms with Gasteiger partial charge in [-0.2, -0.15) is 9.37 Å². The van der Waals surface area contributed by atoms with Crippen LogP contribution in [0.25, 0.3) is 0 Å². The van der Waals surface area contributed by atoms with Crippen molar-refractivity contribution in [2.75, 3.05) is 282 Å². The molecular formula is C93H203FN16O15S3. The molecule has 2 atom stereocenters. The molecule has 770 valence electrons. The number of piperazine rings is 3. The quantitative estimate of drug-likeness (QED) is 0.0847. The SMILES string of the molecule is C.CC(C)C(=O)N1CCOCC1.CC(C)N1C(CO)CCC1CO.CC(C)N1CC(F)C1.CC(C)N1CC(O)C1.CC(C)N1CCC1.CC(C)N1CCCC1.CC(C)N1CCN(C)CC1.CC(C)N1CCN(CCO)CC1.CC(C)N1CCN(O)CC1.CC(C)N1CCOCC1.CC(C)N1CCS(=O)(=O)CC1.CC(C)S(=O)(=O)N(C)C.CC(C)S(=O)(=O)N1CCOCC1. The summed E-state index contributed by atoms with van der Waals surface area (Å²) in [6, 6.07) is 6.83. The van der Waals surface area contributed by atoms with Crippen LogP contribution in [0.2, 0.25) is 0 Å². The number of likely N-dealkylation sites (tertiary alicyclic amines) is 5. The summed E-state index contributed by atoms with van der Waals surface area (Å²) in [5.74, 6) is 1.04. The zero-order valence-electron chi connectivity index (χ0n) is 86.2. The van der Waals surface area contributed by atoms with Crippen LogP contribution in [0, 0.1) is 5.92 Å². The lowest BCUT2D eigenvalue weighted by atomic mass is 10.1. The number of hydrogen-bond donors (Lipinski definition) is 5. The van der Waals surface area contributed by atoms with E-state index in [0.29, 0.717) is 126 Å².